The predicted molar refractivity (Wildman–Crippen MR) is 62.2 cm³/mol. The maximum Gasteiger partial charge on any atom is 0.0781 e. The van der Waals surface area contributed by atoms with Crippen molar-refractivity contribution >= 4 is 0 Å². The minimum Gasteiger partial charge on any atom is -0.382 e. The van der Waals surface area contributed by atoms with Crippen molar-refractivity contribution in [2.24, 2.45) is 5.92 Å². The fourth-order valence-corrected chi connectivity index (χ4v) is 1.14. The molecule has 0 aromatic rings. The van der Waals surface area contributed by atoms with E-state index < -0.39 is 0 Å². The van der Waals surface area contributed by atoms with Gasteiger partial charge in [0, 0.05) is 13.7 Å². The van der Waals surface area contributed by atoms with E-state index in [9.17, 15) is 0 Å². The molecule has 0 fully saturated rings. The molecular formula is C12H26O3. The zero-order chi connectivity index (χ0) is 11.7. The summed E-state index contributed by atoms with van der Waals surface area (Å²) in [7, 11) is 1.68. The predicted octanol–water partition coefficient (Wildman–Crippen LogP) is 2.49. The van der Waals surface area contributed by atoms with Crippen LogP contribution in [-0.2, 0) is 14.2 Å². The fraction of sp³-hybridized carbons (Fsp3) is 1.00. The van der Waals surface area contributed by atoms with E-state index in [1.807, 2.05) is 13.8 Å². The van der Waals surface area contributed by atoms with Crippen LogP contribution in [-0.4, -0.2) is 39.1 Å². The Bertz CT molecular complexity index is 137. The molecule has 0 aromatic carbocycles. The van der Waals surface area contributed by atoms with Crippen molar-refractivity contribution in [3.05, 3.63) is 0 Å². The summed E-state index contributed by atoms with van der Waals surface area (Å²) in [6, 6.07) is 0. The molecule has 3 nitrogen and oxygen atoms in total. The summed E-state index contributed by atoms with van der Waals surface area (Å²) in [5.74, 6) is 0.700. The van der Waals surface area contributed by atoms with Gasteiger partial charge >= 0.3 is 0 Å². The smallest absolute Gasteiger partial charge is 0.0781 e. The van der Waals surface area contributed by atoms with Crippen LogP contribution < -0.4 is 0 Å². The molecule has 0 saturated heterocycles. The van der Waals surface area contributed by atoms with Crippen LogP contribution in [0.25, 0.3) is 0 Å². The van der Waals surface area contributed by atoms with Crippen LogP contribution >= 0.6 is 0 Å². The molecule has 2 unspecified atom stereocenters. The van der Waals surface area contributed by atoms with E-state index in [0.717, 1.165) is 13.0 Å². The molecule has 0 aliphatic rings. The van der Waals surface area contributed by atoms with E-state index in [4.69, 9.17) is 14.2 Å². The van der Waals surface area contributed by atoms with E-state index in [1.54, 1.807) is 7.11 Å². The van der Waals surface area contributed by atoms with Gasteiger partial charge < -0.3 is 14.2 Å². The third-order valence-corrected chi connectivity index (χ3v) is 2.11. The van der Waals surface area contributed by atoms with Gasteiger partial charge in [0.25, 0.3) is 0 Å². The summed E-state index contributed by atoms with van der Waals surface area (Å²) in [4.78, 5) is 0. The highest BCUT2D eigenvalue weighted by Crippen LogP contribution is 2.02. The van der Waals surface area contributed by atoms with Gasteiger partial charge in [-0.3, -0.25) is 0 Å². The lowest BCUT2D eigenvalue weighted by Crippen LogP contribution is -2.23. The van der Waals surface area contributed by atoms with Crippen LogP contribution in [0.2, 0.25) is 0 Å². The zero-order valence-electron chi connectivity index (χ0n) is 10.8. The molecule has 15 heavy (non-hydrogen) atoms. The lowest BCUT2D eigenvalue weighted by atomic mass is 10.1. The monoisotopic (exact) mass is 218 g/mol. The summed E-state index contributed by atoms with van der Waals surface area (Å²) in [6.45, 7) is 10.5. The molecule has 0 aliphatic carbocycles. The normalized spacial score (nSPS) is 15.6. The first-order chi connectivity index (χ1) is 7.06. The second kappa shape index (κ2) is 9.13. The van der Waals surface area contributed by atoms with Gasteiger partial charge in [0.2, 0.25) is 0 Å². The number of hydrogen-bond acceptors (Lipinski definition) is 3. The lowest BCUT2D eigenvalue weighted by molar-refractivity contribution is -0.0524. The minimum absolute atomic E-state index is 0.145. The van der Waals surface area contributed by atoms with Gasteiger partial charge in [-0.05, 0) is 26.2 Å². The molecule has 3 heteroatoms. The average Bonchev–Trinajstić information content (AvgIpc) is 2.14. The topological polar surface area (TPSA) is 27.7 Å². The maximum atomic E-state index is 5.62. The van der Waals surface area contributed by atoms with Gasteiger partial charge in [-0.2, -0.15) is 0 Å². The van der Waals surface area contributed by atoms with Crippen LogP contribution in [0.4, 0.5) is 0 Å². The van der Waals surface area contributed by atoms with E-state index in [-0.39, 0.29) is 12.2 Å². The van der Waals surface area contributed by atoms with E-state index in [2.05, 4.69) is 13.8 Å². The number of rotatable bonds is 9. The molecule has 0 bridgehead atoms. The van der Waals surface area contributed by atoms with Gasteiger partial charge in [0.15, 0.2) is 0 Å². The van der Waals surface area contributed by atoms with Gasteiger partial charge in [0.05, 0.1) is 25.4 Å². The first-order valence-electron chi connectivity index (χ1n) is 5.78. The Kier molecular flexibility index (Phi) is 9.06. The number of ether oxygens (including phenoxy) is 3. The molecule has 0 rings (SSSR count). The highest BCUT2D eigenvalue weighted by molar-refractivity contribution is 4.53. The fourth-order valence-electron chi connectivity index (χ4n) is 1.14. The van der Waals surface area contributed by atoms with E-state index >= 15 is 0 Å². The molecule has 0 aliphatic heterocycles. The zero-order valence-corrected chi connectivity index (χ0v) is 10.8. The lowest BCUT2D eigenvalue weighted by Gasteiger charge is -2.17. The Morgan fingerprint density at radius 1 is 0.867 bits per heavy atom. The summed E-state index contributed by atoms with van der Waals surface area (Å²) >= 11 is 0. The molecular weight excluding hydrogens is 192 g/mol. The minimum atomic E-state index is 0.145. The van der Waals surface area contributed by atoms with Crippen molar-refractivity contribution in [1.29, 1.82) is 0 Å². The Balaban J connectivity index is 3.36. The molecule has 0 N–H and O–H groups in total. The molecule has 0 radical (unpaired) electrons. The quantitative estimate of drug-likeness (QED) is 0.595. The van der Waals surface area contributed by atoms with Crippen molar-refractivity contribution < 1.29 is 14.2 Å². The van der Waals surface area contributed by atoms with E-state index in [0.29, 0.717) is 19.1 Å². The molecule has 0 amide bonds. The average molecular weight is 218 g/mol. The van der Waals surface area contributed by atoms with Gasteiger partial charge in [-0.1, -0.05) is 13.8 Å². The van der Waals surface area contributed by atoms with Crippen molar-refractivity contribution in [3.8, 4) is 0 Å². The second-order valence-corrected chi connectivity index (χ2v) is 4.46. The summed E-state index contributed by atoms with van der Waals surface area (Å²) in [5.41, 5.74) is 0. The summed E-state index contributed by atoms with van der Waals surface area (Å²) in [5, 5.41) is 0. The van der Waals surface area contributed by atoms with Crippen molar-refractivity contribution in [3.63, 3.8) is 0 Å². The van der Waals surface area contributed by atoms with E-state index in [1.165, 1.54) is 0 Å². The van der Waals surface area contributed by atoms with Crippen molar-refractivity contribution in [1.82, 2.24) is 0 Å². The molecule has 0 aromatic heterocycles. The highest BCUT2D eigenvalue weighted by atomic mass is 16.6. The van der Waals surface area contributed by atoms with Crippen LogP contribution in [0.1, 0.15) is 34.1 Å². The van der Waals surface area contributed by atoms with Gasteiger partial charge in [-0.25, -0.2) is 0 Å². The Labute approximate surface area is 94.1 Å². The van der Waals surface area contributed by atoms with Gasteiger partial charge in [0.1, 0.15) is 0 Å². The Morgan fingerprint density at radius 3 is 2.00 bits per heavy atom. The molecule has 0 heterocycles. The maximum absolute atomic E-state index is 5.62. The van der Waals surface area contributed by atoms with Gasteiger partial charge in [-0.15, -0.1) is 0 Å². The van der Waals surface area contributed by atoms with Crippen LogP contribution in [0.3, 0.4) is 0 Å². The standard InChI is InChI=1S/C12H26O3/c1-10(2)6-7-14-12(4)9-15-11(3)8-13-5/h10-12H,6-9H2,1-5H3. The molecule has 2 atom stereocenters. The molecule has 0 saturated carbocycles. The summed E-state index contributed by atoms with van der Waals surface area (Å²) < 4.78 is 16.1. The third kappa shape index (κ3) is 10.2. The van der Waals surface area contributed by atoms with Crippen molar-refractivity contribution in [2.75, 3.05) is 26.9 Å². The first-order valence-corrected chi connectivity index (χ1v) is 5.78. The first kappa shape index (κ1) is 14.9. The molecule has 0 spiro atoms. The summed E-state index contributed by atoms with van der Waals surface area (Å²) in [6.07, 6.45) is 1.42. The van der Waals surface area contributed by atoms with Crippen molar-refractivity contribution in [2.45, 2.75) is 46.3 Å². The highest BCUT2D eigenvalue weighted by Gasteiger charge is 2.06. The largest absolute Gasteiger partial charge is 0.382 e. The van der Waals surface area contributed by atoms with Crippen LogP contribution in [0.5, 0.6) is 0 Å². The third-order valence-electron chi connectivity index (χ3n) is 2.11. The molecule has 92 valence electrons. The Hall–Kier alpha value is -0.120. The SMILES string of the molecule is COCC(C)OCC(C)OCCC(C)C. The second-order valence-electron chi connectivity index (χ2n) is 4.46. The number of hydrogen-bond donors (Lipinski definition) is 0. The number of methoxy groups -OCH3 is 1. The van der Waals surface area contributed by atoms with Crippen LogP contribution in [0, 0.1) is 5.92 Å². The van der Waals surface area contributed by atoms with Crippen LogP contribution in [0.15, 0.2) is 0 Å². The Morgan fingerprint density at radius 2 is 1.47 bits per heavy atom.